The van der Waals surface area contributed by atoms with Crippen molar-refractivity contribution in [1.82, 2.24) is 9.97 Å². The molecule has 5 nitrogen and oxygen atoms in total. The zero-order valence-electron chi connectivity index (χ0n) is 16.3. The number of nitrogens with zero attached hydrogens (tertiary/aromatic N) is 4. The Kier molecular flexibility index (Phi) is 6.26. The first-order valence-electron chi connectivity index (χ1n) is 9.39. The number of hydrogen-bond acceptors (Lipinski definition) is 5. The Hall–Kier alpha value is -3.08. The van der Waals surface area contributed by atoms with Gasteiger partial charge in [0.1, 0.15) is 5.82 Å². The molecule has 0 spiro atoms. The summed E-state index contributed by atoms with van der Waals surface area (Å²) in [6.45, 7) is 7.14. The van der Waals surface area contributed by atoms with E-state index in [0.717, 1.165) is 31.1 Å². The third kappa shape index (κ3) is 4.97. The summed E-state index contributed by atoms with van der Waals surface area (Å²) in [6, 6.07) is 20.7. The molecule has 140 valence electrons. The van der Waals surface area contributed by atoms with Gasteiger partial charge in [-0.25, -0.2) is 4.98 Å². The van der Waals surface area contributed by atoms with Crippen LogP contribution in [0.5, 0.6) is 0 Å². The maximum Gasteiger partial charge on any atom is 0.229 e. The molecule has 5 heteroatoms. The van der Waals surface area contributed by atoms with Gasteiger partial charge in [-0.15, -0.1) is 0 Å². The summed E-state index contributed by atoms with van der Waals surface area (Å²) < 4.78 is 0. The van der Waals surface area contributed by atoms with Gasteiger partial charge in [0.25, 0.3) is 0 Å². The van der Waals surface area contributed by atoms with E-state index in [2.05, 4.69) is 87.5 Å². The Morgan fingerprint density at radius 2 is 1.59 bits per heavy atom. The SMILES string of the molecule is CCN(CC)c1ccc(Nc2nccc(N(C)Cc3ccccc3)n2)cc1. The summed E-state index contributed by atoms with van der Waals surface area (Å²) in [4.78, 5) is 13.4. The highest BCUT2D eigenvalue weighted by Crippen LogP contribution is 2.21. The van der Waals surface area contributed by atoms with E-state index in [-0.39, 0.29) is 0 Å². The van der Waals surface area contributed by atoms with Crippen molar-refractivity contribution in [2.75, 3.05) is 35.3 Å². The maximum absolute atomic E-state index is 4.65. The van der Waals surface area contributed by atoms with Crippen molar-refractivity contribution in [2.45, 2.75) is 20.4 Å². The average Bonchev–Trinajstić information content (AvgIpc) is 2.71. The van der Waals surface area contributed by atoms with Crippen LogP contribution >= 0.6 is 0 Å². The molecule has 0 saturated heterocycles. The van der Waals surface area contributed by atoms with Gasteiger partial charge >= 0.3 is 0 Å². The Balaban J connectivity index is 1.68. The molecule has 1 N–H and O–H groups in total. The fraction of sp³-hybridized carbons (Fsp3) is 0.273. The second-order valence-electron chi connectivity index (χ2n) is 6.42. The van der Waals surface area contributed by atoms with Crippen LogP contribution in [0.3, 0.4) is 0 Å². The second kappa shape index (κ2) is 9.03. The number of rotatable bonds is 8. The molecule has 0 aliphatic rings. The van der Waals surface area contributed by atoms with Gasteiger partial charge in [0.15, 0.2) is 0 Å². The van der Waals surface area contributed by atoms with Gasteiger partial charge in [-0.1, -0.05) is 30.3 Å². The van der Waals surface area contributed by atoms with Crippen LogP contribution < -0.4 is 15.1 Å². The minimum Gasteiger partial charge on any atom is -0.372 e. The molecule has 3 aromatic rings. The molecule has 0 unspecified atom stereocenters. The highest BCUT2D eigenvalue weighted by molar-refractivity contribution is 5.60. The topological polar surface area (TPSA) is 44.3 Å². The minimum absolute atomic E-state index is 0.600. The molecule has 1 heterocycles. The van der Waals surface area contributed by atoms with Crippen LogP contribution in [0.15, 0.2) is 66.9 Å². The van der Waals surface area contributed by atoms with Crippen molar-refractivity contribution in [3.05, 3.63) is 72.4 Å². The first-order chi connectivity index (χ1) is 13.2. The second-order valence-corrected chi connectivity index (χ2v) is 6.42. The van der Waals surface area contributed by atoms with Gasteiger partial charge in [0.2, 0.25) is 5.95 Å². The van der Waals surface area contributed by atoms with Crippen molar-refractivity contribution >= 4 is 23.1 Å². The highest BCUT2D eigenvalue weighted by Gasteiger charge is 2.07. The molecule has 0 aliphatic heterocycles. The smallest absolute Gasteiger partial charge is 0.229 e. The van der Waals surface area contributed by atoms with Crippen molar-refractivity contribution in [1.29, 1.82) is 0 Å². The number of aromatic nitrogens is 2. The molecule has 2 aromatic carbocycles. The summed E-state index contributed by atoms with van der Waals surface area (Å²) in [5.41, 5.74) is 3.46. The van der Waals surface area contributed by atoms with Crippen molar-refractivity contribution in [3.63, 3.8) is 0 Å². The molecule has 0 saturated carbocycles. The van der Waals surface area contributed by atoms with Gasteiger partial charge in [0.05, 0.1) is 0 Å². The summed E-state index contributed by atoms with van der Waals surface area (Å²) in [6.07, 6.45) is 1.79. The fourth-order valence-electron chi connectivity index (χ4n) is 3.03. The molecular formula is C22H27N5. The molecule has 0 radical (unpaired) electrons. The zero-order valence-corrected chi connectivity index (χ0v) is 16.3. The predicted octanol–water partition coefficient (Wildman–Crippen LogP) is 4.70. The molecule has 0 amide bonds. The van der Waals surface area contributed by atoms with Crippen LogP contribution in [-0.4, -0.2) is 30.1 Å². The van der Waals surface area contributed by atoms with Gasteiger partial charge < -0.3 is 15.1 Å². The molecule has 0 bridgehead atoms. The average molecular weight is 361 g/mol. The van der Waals surface area contributed by atoms with Crippen molar-refractivity contribution in [3.8, 4) is 0 Å². The lowest BCUT2D eigenvalue weighted by Gasteiger charge is -2.21. The fourth-order valence-corrected chi connectivity index (χ4v) is 3.03. The normalized spacial score (nSPS) is 10.5. The first kappa shape index (κ1) is 18.7. The van der Waals surface area contributed by atoms with Crippen molar-refractivity contribution in [2.24, 2.45) is 0 Å². The van der Waals surface area contributed by atoms with E-state index >= 15 is 0 Å². The van der Waals surface area contributed by atoms with E-state index in [4.69, 9.17) is 0 Å². The number of hydrogen-bond donors (Lipinski definition) is 1. The minimum atomic E-state index is 0.600. The van der Waals surface area contributed by atoms with Gasteiger partial charge in [-0.3, -0.25) is 0 Å². The van der Waals surface area contributed by atoms with E-state index in [9.17, 15) is 0 Å². The Morgan fingerprint density at radius 3 is 2.26 bits per heavy atom. The van der Waals surface area contributed by atoms with Crippen LogP contribution in [-0.2, 0) is 6.54 Å². The van der Waals surface area contributed by atoms with Gasteiger partial charge in [-0.2, -0.15) is 4.98 Å². The Morgan fingerprint density at radius 1 is 0.889 bits per heavy atom. The standard InChI is InChI=1S/C22H27N5/c1-4-27(5-2)20-13-11-19(12-14-20)24-22-23-16-15-21(25-22)26(3)17-18-9-7-6-8-10-18/h6-16H,4-5,17H2,1-3H3,(H,23,24,25). The molecule has 0 aliphatic carbocycles. The van der Waals surface area contributed by atoms with E-state index in [1.54, 1.807) is 6.20 Å². The molecule has 3 rings (SSSR count). The van der Waals surface area contributed by atoms with Gasteiger partial charge in [-0.05, 0) is 49.7 Å². The summed E-state index contributed by atoms with van der Waals surface area (Å²) in [5, 5.41) is 3.30. The summed E-state index contributed by atoms with van der Waals surface area (Å²) in [7, 11) is 2.04. The quantitative estimate of drug-likeness (QED) is 0.630. The maximum atomic E-state index is 4.65. The van der Waals surface area contributed by atoms with E-state index in [1.807, 2.05) is 19.2 Å². The Bertz CT molecular complexity index is 829. The molecule has 27 heavy (non-hydrogen) atoms. The van der Waals surface area contributed by atoms with Crippen LogP contribution in [0.1, 0.15) is 19.4 Å². The molecular weight excluding hydrogens is 334 g/mol. The molecule has 1 aromatic heterocycles. The monoisotopic (exact) mass is 361 g/mol. The first-order valence-corrected chi connectivity index (χ1v) is 9.39. The van der Waals surface area contributed by atoms with Crippen LogP contribution in [0.2, 0.25) is 0 Å². The van der Waals surface area contributed by atoms with Crippen LogP contribution in [0.4, 0.5) is 23.1 Å². The number of anilines is 4. The lowest BCUT2D eigenvalue weighted by molar-refractivity contribution is 0.866. The van der Waals surface area contributed by atoms with E-state index in [1.165, 1.54) is 11.3 Å². The largest absolute Gasteiger partial charge is 0.372 e. The number of benzene rings is 2. The summed E-state index contributed by atoms with van der Waals surface area (Å²) >= 11 is 0. The van der Waals surface area contributed by atoms with E-state index < -0.39 is 0 Å². The third-order valence-corrected chi connectivity index (χ3v) is 4.55. The highest BCUT2D eigenvalue weighted by atomic mass is 15.2. The lowest BCUT2D eigenvalue weighted by Crippen LogP contribution is -2.21. The Labute approximate surface area is 161 Å². The zero-order chi connectivity index (χ0) is 19.1. The summed E-state index contributed by atoms with van der Waals surface area (Å²) in [5.74, 6) is 1.49. The van der Waals surface area contributed by atoms with Crippen LogP contribution in [0, 0.1) is 0 Å². The molecule has 0 fully saturated rings. The predicted molar refractivity (Wildman–Crippen MR) is 114 cm³/mol. The third-order valence-electron chi connectivity index (χ3n) is 4.55. The number of nitrogens with one attached hydrogen (secondary N) is 1. The van der Waals surface area contributed by atoms with Crippen LogP contribution in [0.25, 0.3) is 0 Å². The van der Waals surface area contributed by atoms with E-state index in [0.29, 0.717) is 5.95 Å². The molecule has 0 atom stereocenters. The van der Waals surface area contributed by atoms with Crippen molar-refractivity contribution < 1.29 is 0 Å². The van der Waals surface area contributed by atoms with Gasteiger partial charge in [0, 0.05) is 44.3 Å². The lowest BCUT2D eigenvalue weighted by atomic mass is 10.2.